The maximum Gasteiger partial charge on any atom is 0.173 e. The zero-order valence-corrected chi connectivity index (χ0v) is 15.3. The Labute approximate surface area is 160 Å². The van der Waals surface area contributed by atoms with E-state index in [0.29, 0.717) is 22.2 Å². The number of nitrogens with one attached hydrogen (secondary N) is 1. The number of para-hydroxylation sites is 1. The Morgan fingerprint density at radius 3 is 2.52 bits per heavy atom. The van der Waals surface area contributed by atoms with Gasteiger partial charge in [0, 0.05) is 46.0 Å². The molecular weight excluding hydrogens is 361 g/mol. The lowest BCUT2D eigenvalue weighted by atomic mass is 10.1. The number of rotatable bonds is 5. The summed E-state index contributed by atoms with van der Waals surface area (Å²) < 4.78 is 20.8. The average molecular weight is 377 g/mol. The summed E-state index contributed by atoms with van der Waals surface area (Å²) in [5.74, 6) is -0.408. The smallest absolute Gasteiger partial charge is 0.173 e. The standard InChI is InChI=1S/C21H16FN3OS/c1-26-27-18-9-5-3-7-16(18)21-19(22)20(24-14-10-12-23-13-11-14)15-6-2-4-8-17(15)25-21/h2-13H,1H3,(H,23,24,25). The first-order valence-electron chi connectivity index (χ1n) is 8.33. The van der Waals surface area contributed by atoms with Crippen LogP contribution in [0.2, 0.25) is 0 Å². The molecule has 0 radical (unpaired) electrons. The molecule has 0 aliphatic carbocycles. The molecule has 2 aromatic carbocycles. The molecule has 0 aliphatic rings. The first kappa shape index (κ1) is 17.5. The normalized spacial score (nSPS) is 10.9. The number of aromatic nitrogens is 2. The van der Waals surface area contributed by atoms with E-state index in [-0.39, 0.29) is 5.69 Å². The molecule has 0 unspecified atom stereocenters. The summed E-state index contributed by atoms with van der Waals surface area (Å²) >= 11 is 1.19. The van der Waals surface area contributed by atoms with Gasteiger partial charge < -0.3 is 9.50 Å². The van der Waals surface area contributed by atoms with Crippen LogP contribution in [0.1, 0.15) is 0 Å². The van der Waals surface area contributed by atoms with Crippen molar-refractivity contribution in [3.05, 3.63) is 78.9 Å². The van der Waals surface area contributed by atoms with Crippen LogP contribution in [0.3, 0.4) is 0 Å². The lowest BCUT2D eigenvalue weighted by Gasteiger charge is -2.15. The molecule has 4 aromatic rings. The van der Waals surface area contributed by atoms with E-state index in [1.54, 1.807) is 31.6 Å². The molecule has 27 heavy (non-hydrogen) atoms. The van der Waals surface area contributed by atoms with Crippen molar-refractivity contribution in [2.75, 3.05) is 12.4 Å². The van der Waals surface area contributed by atoms with Crippen LogP contribution in [0.25, 0.3) is 22.2 Å². The van der Waals surface area contributed by atoms with Crippen LogP contribution in [0.15, 0.2) is 78.0 Å². The molecule has 134 valence electrons. The molecule has 6 heteroatoms. The first-order chi connectivity index (χ1) is 13.3. The molecule has 0 amide bonds. The van der Waals surface area contributed by atoms with Gasteiger partial charge >= 0.3 is 0 Å². The molecule has 0 bridgehead atoms. The third-order valence-corrected chi connectivity index (χ3v) is 4.80. The lowest BCUT2D eigenvalue weighted by molar-refractivity contribution is 0.490. The summed E-state index contributed by atoms with van der Waals surface area (Å²) in [6, 6.07) is 18.6. The molecule has 0 atom stereocenters. The minimum Gasteiger partial charge on any atom is -0.352 e. The SMILES string of the molecule is COSc1ccccc1-c1nc2ccccc2c(Nc2ccncc2)c1F. The van der Waals surface area contributed by atoms with Gasteiger partial charge in [-0.2, -0.15) is 0 Å². The molecule has 2 heterocycles. The number of hydrogen-bond acceptors (Lipinski definition) is 5. The second-order valence-corrected chi connectivity index (χ2v) is 6.71. The highest BCUT2D eigenvalue weighted by atomic mass is 32.2. The third-order valence-electron chi connectivity index (χ3n) is 4.10. The van der Waals surface area contributed by atoms with Crippen molar-refractivity contribution in [1.29, 1.82) is 0 Å². The fourth-order valence-corrected chi connectivity index (χ4v) is 3.46. The summed E-state index contributed by atoms with van der Waals surface area (Å²) in [5, 5.41) is 3.90. The zero-order valence-electron chi connectivity index (χ0n) is 14.5. The molecule has 2 aromatic heterocycles. The van der Waals surface area contributed by atoms with Crippen LogP contribution >= 0.6 is 12.0 Å². The lowest BCUT2D eigenvalue weighted by Crippen LogP contribution is -2.01. The minimum atomic E-state index is -0.408. The Balaban J connectivity index is 1.94. The van der Waals surface area contributed by atoms with Crippen LogP contribution in [0.5, 0.6) is 0 Å². The maximum absolute atomic E-state index is 15.6. The number of pyridine rings is 2. The molecule has 0 aliphatic heterocycles. The van der Waals surface area contributed by atoms with E-state index in [1.165, 1.54) is 12.0 Å². The van der Waals surface area contributed by atoms with Crippen molar-refractivity contribution in [3.63, 3.8) is 0 Å². The Bertz CT molecular complexity index is 1090. The van der Waals surface area contributed by atoms with E-state index >= 15 is 4.39 Å². The van der Waals surface area contributed by atoms with Gasteiger partial charge in [0.2, 0.25) is 0 Å². The van der Waals surface area contributed by atoms with Crippen molar-refractivity contribution < 1.29 is 8.57 Å². The van der Waals surface area contributed by atoms with E-state index in [2.05, 4.69) is 15.3 Å². The monoisotopic (exact) mass is 377 g/mol. The summed E-state index contributed by atoms with van der Waals surface area (Å²) in [6.45, 7) is 0. The van der Waals surface area contributed by atoms with Crippen molar-refractivity contribution in [2.24, 2.45) is 0 Å². The van der Waals surface area contributed by atoms with Gasteiger partial charge in [-0.05, 0) is 24.3 Å². The Hall–Kier alpha value is -2.96. The number of hydrogen-bond donors (Lipinski definition) is 1. The van der Waals surface area contributed by atoms with Crippen molar-refractivity contribution in [1.82, 2.24) is 9.97 Å². The predicted octanol–water partition coefficient (Wildman–Crippen LogP) is 5.83. The van der Waals surface area contributed by atoms with Crippen LogP contribution in [0.4, 0.5) is 15.8 Å². The van der Waals surface area contributed by atoms with Crippen molar-refractivity contribution in [2.45, 2.75) is 4.90 Å². The highest BCUT2D eigenvalue weighted by molar-refractivity contribution is 7.94. The van der Waals surface area contributed by atoms with E-state index in [4.69, 9.17) is 4.18 Å². The van der Waals surface area contributed by atoms with Gasteiger partial charge in [0.05, 0.1) is 18.3 Å². The predicted molar refractivity (Wildman–Crippen MR) is 108 cm³/mol. The second-order valence-electron chi connectivity index (χ2n) is 5.77. The number of fused-ring (bicyclic) bond motifs is 1. The Morgan fingerprint density at radius 1 is 0.963 bits per heavy atom. The molecule has 0 fully saturated rings. The van der Waals surface area contributed by atoms with Gasteiger partial charge in [0.25, 0.3) is 0 Å². The topological polar surface area (TPSA) is 47.0 Å². The molecular formula is C21H16FN3OS. The molecule has 0 saturated carbocycles. The molecule has 4 rings (SSSR count). The van der Waals surface area contributed by atoms with E-state index < -0.39 is 5.82 Å². The summed E-state index contributed by atoms with van der Waals surface area (Å²) in [4.78, 5) is 9.40. The quantitative estimate of drug-likeness (QED) is 0.443. The number of halogens is 1. The second kappa shape index (κ2) is 7.73. The highest BCUT2D eigenvalue weighted by Crippen LogP contribution is 2.38. The van der Waals surface area contributed by atoms with Gasteiger partial charge in [0.1, 0.15) is 5.69 Å². The minimum absolute atomic E-state index is 0.283. The van der Waals surface area contributed by atoms with Gasteiger partial charge in [-0.3, -0.25) is 4.98 Å². The van der Waals surface area contributed by atoms with Crippen LogP contribution in [0, 0.1) is 5.82 Å². The van der Waals surface area contributed by atoms with Crippen molar-refractivity contribution in [3.8, 4) is 11.3 Å². The van der Waals surface area contributed by atoms with Gasteiger partial charge in [0.15, 0.2) is 5.82 Å². The Morgan fingerprint density at radius 2 is 1.70 bits per heavy atom. The zero-order chi connectivity index (χ0) is 18.6. The fraction of sp³-hybridized carbons (Fsp3) is 0.0476. The number of anilines is 2. The van der Waals surface area contributed by atoms with Gasteiger partial charge in [-0.15, -0.1) is 0 Å². The molecule has 0 spiro atoms. The van der Waals surface area contributed by atoms with E-state index in [0.717, 1.165) is 10.6 Å². The molecule has 1 N–H and O–H groups in total. The summed E-state index contributed by atoms with van der Waals surface area (Å²) in [5.41, 5.74) is 2.82. The number of nitrogens with zero attached hydrogens (tertiary/aromatic N) is 2. The summed E-state index contributed by atoms with van der Waals surface area (Å²) in [7, 11) is 1.59. The van der Waals surface area contributed by atoms with E-state index in [1.807, 2.05) is 48.5 Å². The molecule has 0 saturated heterocycles. The van der Waals surface area contributed by atoms with Crippen LogP contribution < -0.4 is 5.32 Å². The fourth-order valence-electron chi connectivity index (χ4n) is 2.89. The Kier molecular flexibility index (Phi) is 5.00. The van der Waals surface area contributed by atoms with E-state index in [9.17, 15) is 0 Å². The third kappa shape index (κ3) is 3.49. The first-order valence-corrected chi connectivity index (χ1v) is 9.07. The van der Waals surface area contributed by atoms with Crippen molar-refractivity contribution >= 4 is 34.3 Å². The van der Waals surface area contributed by atoms with Crippen LogP contribution in [-0.2, 0) is 4.18 Å². The van der Waals surface area contributed by atoms with Gasteiger partial charge in [-0.25, -0.2) is 9.37 Å². The molecule has 4 nitrogen and oxygen atoms in total. The van der Waals surface area contributed by atoms with Crippen LogP contribution in [-0.4, -0.2) is 17.1 Å². The number of benzene rings is 2. The van der Waals surface area contributed by atoms with Gasteiger partial charge in [-0.1, -0.05) is 36.4 Å². The summed E-state index contributed by atoms with van der Waals surface area (Å²) in [6.07, 6.45) is 3.32. The largest absolute Gasteiger partial charge is 0.352 e. The highest BCUT2D eigenvalue weighted by Gasteiger charge is 2.19. The maximum atomic E-state index is 15.6. The average Bonchev–Trinajstić information content (AvgIpc) is 2.71.